The fraction of sp³-hybridized carbons (Fsp3) is 0.941. The summed E-state index contributed by atoms with van der Waals surface area (Å²) >= 11 is 0. The summed E-state index contributed by atoms with van der Waals surface area (Å²) in [5, 5.41) is 12.1. The second-order valence-corrected chi connectivity index (χ2v) is 6.36. The lowest BCUT2D eigenvalue weighted by Crippen LogP contribution is -2.24. The van der Waals surface area contributed by atoms with E-state index in [0.29, 0.717) is 6.04 Å². The Morgan fingerprint density at radius 1 is 1.05 bits per heavy atom. The molecule has 4 nitrogen and oxygen atoms in total. The van der Waals surface area contributed by atoms with E-state index in [2.05, 4.69) is 12.2 Å². The monoisotopic (exact) mass is 298 g/mol. The number of unbranched alkanes of at least 4 members (excludes halogenated alkanes) is 9. The zero-order chi connectivity index (χ0) is 15.3. The van der Waals surface area contributed by atoms with Gasteiger partial charge in [-0.3, -0.25) is 9.69 Å². The van der Waals surface area contributed by atoms with E-state index in [4.69, 9.17) is 5.11 Å². The van der Waals surface area contributed by atoms with Crippen molar-refractivity contribution in [1.29, 1.82) is 0 Å². The maximum Gasteiger partial charge on any atom is 0.317 e. The number of hydrogen-bond acceptors (Lipinski definition) is 3. The predicted molar refractivity (Wildman–Crippen MR) is 87.7 cm³/mol. The third-order valence-electron chi connectivity index (χ3n) is 4.25. The smallest absolute Gasteiger partial charge is 0.317 e. The Morgan fingerprint density at radius 3 is 2.19 bits per heavy atom. The van der Waals surface area contributed by atoms with Gasteiger partial charge in [0.2, 0.25) is 0 Å². The van der Waals surface area contributed by atoms with Crippen LogP contribution in [0.1, 0.15) is 71.1 Å². The van der Waals surface area contributed by atoms with Crippen LogP contribution in [0.2, 0.25) is 0 Å². The van der Waals surface area contributed by atoms with Crippen molar-refractivity contribution >= 4 is 5.97 Å². The highest BCUT2D eigenvalue weighted by atomic mass is 16.4. The van der Waals surface area contributed by atoms with Crippen LogP contribution in [0.15, 0.2) is 0 Å². The van der Waals surface area contributed by atoms with E-state index in [1.807, 2.05) is 4.90 Å². The molecule has 1 rings (SSSR count). The molecular weight excluding hydrogens is 264 g/mol. The number of aliphatic carboxylic acids is 1. The highest BCUT2D eigenvalue weighted by Gasteiger charge is 2.34. The summed E-state index contributed by atoms with van der Waals surface area (Å²) in [4.78, 5) is 12.5. The number of carbonyl (C=O) groups is 1. The van der Waals surface area contributed by atoms with Crippen molar-refractivity contribution in [2.45, 2.75) is 77.2 Å². The summed E-state index contributed by atoms with van der Waals surface area (Å²) < 4.78 is 0. The number of nitrogens with zero attached hydrogens (tertiary/aromatic N) is 1. The van der Waals surface area contributed by atoms with Crippen molar-refractivity contribution in [3.05, 3.63) is 0 Å². The molecule has 2 N–H and O–H groups in total. The van der Waals surface area contributed by atoms with E-state index < -0.39 is 5.97 Å². The van der Waals surface area contributed by atoms with Crippen LogP contribution in [-0.4, -0.2) is 48.2 Å². The summed E-state index contributed by atoms with van der Waals surface area (Å²) in [7, 11) is 0. The molecule has 2 atom stereocenters. The molecule has 0 aliphatic carbocycles. The van der Waals surface area contributed by atoms with Crippen LogP contribution in [-0.2, 0) is 4.79 Å². The van der Waals surface area contributed by atoms with Gasteiger partial charge in [0.25, 0.3) is 0 Å². The lowest BCUT2D eigenvalue weighted by molar-refractivity contribution is -0.137. The molecule has 124 valence electrons. The Morgan fingerprint density at radius 2 is 1.62 bits per heavy atom. The van der Waals surface area contributed by atoms with Gasteiger partial charge in [-0.1, -0.05) is 64.7 Å². The highest BCUT2D eigenvalue weighted by molar-refractivity contribution is 5.69. The second-order valence-electron chi connectivity index (χ2n) is 6.36. The minimum atomic E-state index is -0.716. The molecule has 0 aromatic rings. The summed E-state index contributed by atoms with van der Waals surface area (Å²) in [5.41, 5.74) is 0. The number of rotatable bonds is 15. The van der Waals surface area contributed by atoms with E-state index in [1.165, 1.54) is 64.2 Å². The number of hydrogen-bond donors (Lipinski definition) is 2. The van der Waals surface area contributed by atoms with Crippen LogP contribution in [0.5, 0.6) is 0 Å². The van der Waals surface area contributed by atoms with Gasteiger partial charge in [0.1, 0.15) is 0 Å². The molecule has 2 unspecified atom stereocenters. The van der Waals surface area contributed by atoms with Crippen LogP contribution in [0.3, 0.4) is 0 Å². The van der Waals surface area contributed by atoms with Crippen molar-refractivity contribution in [3.8, 4) is 0 Å². The third-order valence-corrected chi connectivity index (χ3v) is 4.25. The van der Waals surface area contributed by atoms with Crippen molar-refractivity contribution < 1.29 is 9.90 Å². The first-order chi connectivity index (χ1) is 10.2. The van der Waals surface area contributed by atoms with Crippen LogP contribution in [0, 0.1) is 0 Å². The molecule has 0 amide bonds. The van der Waals surface area contributed by atoms with Crippen LogP contribution >= 0.6 is 0 Å². The van der Waals surface area contributed by atoms with Crippen LogP contribution in [0.25, 0.3) is 0 Å². The van der Waals surface area contributed by atoms with Gasteiger partial charge in [-0.15, -0.1) is 0 Å². The van der Waals surface area contributed by atoms with E-state index in [-0.39, 0.29) is 6.54 Å². The molecule has 0 spiro atoms. The standard InChI is InChI=1S/C17H34N2O2/c1-2-3-4-5-6-7-8-9-10-11-12-18-13-16-14-19(16)15-17(20)21/h16,18H,2-15H2,1H3,(H,20,21). The van der Waals surface area contributed by atoms with Gasteiger partial charge in [0.15, 0.2) is 0 Å². The lowest BCUT2D eigenvalue weighted by Gasteiger charge is -2.05. The molecule has 4 heteroatoms. The minimum Gasteiger partial charge on any atom is -0.480 e. The molecule has 1 heterocycles. The summed E-state index contributed by atoms with van der Waals surface area (Å²) in [6.45, 7) is 5.43. The highest BCUT2D eigenvalue weighted by Crippen LogP contribution is 2.15. The van der Waals surface area contributed by atoms with Crippen molar-refractivity contribution in [2.75, 3.05) is 26.2 Å². The molecule has 0 bridgehead atoms. The summed E-state index contributed by atoms with van der Waals surface area (Å²) in [6.07, 6.45) is 13.7. The van der Waals surface area contributed by atoms with Crippen molar-refractivity contribution in [1.82, 2.24) is 10.2 Å². The Bertz CT molecular complexity index is 272. The molecule has 1 saturated heterocycles. The van der Waals surface area contributed by atoms with E-state index in [0.717, 1.165) is 19.6 Å². The number of carboxylic acid groups (broad SMARTS) is 1. The Balaban J connectivity index is 1.71. The molecule has 1 aliphatic rings. The van der Waals surface area contributed by atoms with E-state index in [9.17, 15) is 4.79 Å². The van der Waals surface area contributed by atoms with E-state index in [1.54, 1.807) is 0 Å². The average Bonchev–Trinajstić information content (AvgIpc) is 3.17. The van der Waals surface area contributed by atoms with Gasteiger partial charge in [-0.25, -0.2) is 0 Å². The molecule has 0 saturated carbocycles. The maximum atomic E-state index is 10.5. The molecule has 0 aromatic carbocycles. The summed E-state index contributed by atoms with van der Waals surface area (Å²) in [6, 6.07) is 0.462. The van der Waals surface area contributed by atoms with Gasteiger partial charge in [-0.2, -0.15) is 0 Å². The van der Waals surface area contributed by atoms with Gasteiger partial charge in [-0.05, 0) is 13.0 Å². The normalized spacial score (nSPS) is 20.6. The second kappa shape index (κ2) is 12.0. The Hall–Kier alpha value is -0.610. The van der Waals surface area contributed by atoms with Crippen LogP contribution in [0.4, 0.5) is 0 Å². The summed E-state index contributed by atoms with van der Waals surface area (Å²) in [5.74, 6) is -0.716. The molecular formula is C17H34N2O2. The molecule has 1 fully saturated rings. The topological polar surface area (TPSA) is 52.3 Å². The average molecular weight is 298 g/mol. The molecule has 21 heavy (non-hydrogen) atoms. The first kappa shape index (κ1) is 18.4. The molecule has 0 radical (unpaired) electrons. The maximum absolute atomic E-state index is 10.5. The fourth-order valence-electron chi connectivity index (χ4n) is 2.79. The Kier molecular flexibility index (Phi) is 10.5. The fourth-order valence-corrected chi connectivity index (χ4v) is 2.79. The number of nitrogens with one attached hydrogen (secondary N) is 1. The van der Waals surface area contributed by atoms with Crippen molar-refractivity contribution in [2.24, 2.45) is 0 Å². The third kappa shape index (κ3) is 10.7. The zero-order valence-electron chi connectivity index (χ0n) is 13.8. The Labute approximate surface area is 130 Å². The molecule has 1 aliphatic heterocycles. The quantitative estimate of drug-likeness (QED) is 0.360. The van der Waals surface area contributed by atoms with Gasteiger partial charge in [0.05, 0.1) is 6.54 Å². The van der Waals surface area contributed by atoms with Gasteiger partial charge in [0, 0.05) is 19.1 Å². The predicted octanol–water partition coefficient (Wildman–Crippen LogP) is 3.27. The van der Waals surface area contributed by atoms with Gasteiger partial charge >= 0.3 is 5.97 Å². The van der Waals surface area contributed by atoms with E-state index >= 15 is 0 Å². The largest absolute Gasteiger partial charge is 0.480 e. The first-order valence-electron chi connectivity index (χ1n) is 8.90. The lowest BCUT2D eigenvalue weighted by atomic mass is 10.1. The minimum absolute atomic E-state index is 0.199. The van der Waals surface area contributed by atoms with Crippen LogP contribution < -0.4 is 5.32 Å². The zero-order valence-corrected chi connectivity index (χ0v) is 13.8. The molecule has 0 aromatic heterocycles. The first-order valence-corrected chi connectivity index (χ1v) is 8.90. The SMILES string of the molecule is CCCCCCCCCCCCNCC1CN1CC(=O)O. The van der Waals surface area contributed by atoms with Crippen molar-refractivity contribution in [3.63, 3.8) is 0 Å². The van der Waals surface area contributed by atoms with Gasteiger partial charge < -0.3 is 10.4 Å². The number of carboxylic acids is 1.